The first-order valence-corrected chi connectivity index (χ1v) is 16.2. The zero-order valence-electron chi connectivity index (χ0n) is 24.1. The molecule has 9 atom stereocenters. The zero-order chi connectivity index (χ0) is 28.1. The van der Waals surface area contributed by atoms with Gasteiger partial charge in [0.15, 0.2) is 5.78 Å². The summed E-state index contributed by atoms with van der Waals surface area (Å²) in [5, 5.41) is 3.02. The summed E-state index contributed by atoms with van der Waals surface area (Å²) >= 11 is 0. The molecule has 9 nitrogen and oxygen atoms in total. The molecular formula is C31H45FN4O5. The topological polar surface area (TPSA) is 91.4 Å². The van der Waals surface area contributed by atoms with E-state index in [2.05, 4.69) is 15.1 Å². The first kappa shape index (κ1) is 27.8. The van der Waals surface area contributed by atoms with E-state index >= 15 is 4.39 Å². The van der Waals surface area contributed by atoms with Gasteiger partial charge in [-0.05, 0) is 57.0 Å². The van der Waals surface area contributed by atoms with Crippen molar-refractivity contribution in [2.75, 3.05) is 45.9 Å². The minimum absolute atomic E-state index is 0.00585. The van der Waals surface area contributed by atoms with E-state index in [0.29, 0.717) is 51.1 Å². The molecule has 2 amide bonds. The Hall–Kier alpha value is -2.04. The van der Waals surface area contributed by atoms with Crippen LogP contribution in [-0.4, -0.2) is 115 Å². The predicted octanol–water partition coefficient (Wildman–Crippen LogP) is 2.05. The molecule has 0 aromatic rings. The number of ether oxygens (including phenoxy) is 2. The Morgan fingerprint density at radius 3 is 2.46 bits per heavy atom. The minimum atomic E-state index is -1.41. The van der Waals surface area contributed by atoms with Gasteiger partial charge >= 0.3 is 0 Å². The van der Waals surface area contributed by atoms with E-state index in [0.717, 1.165) is 38.8 Å². The molecular weight excluding hydrogens is 527 g/mol. The van der Waals surface area contributed by atoms with Crippen molar-refractivity contribution in [2.24, 2.45) is 17.8 Å². The van der Waals surface area contributed by atoms with Crippen LogP contribution in [0.5, 0.6) is 0 Å². The number of likely N-dealkylation sites (tertiary alicyclic amines) is 1. The van der Waals surface area contributed by atoms with E-state index in [1.807, 2.05) is 6.20 Å². The van der Waals surface area contributed by atoms with Crippen LogP contribution in [0.15, 0.2) is 11.8 Å². The molecule has 0 bridgehead atoms. The number of ketones is 1. The molecule has 0 aromatic heterocycles. The van der Waals surface area contributed by atoms with Gasteiger partial charge in [-0.2, -0.15) is 0 Å². The molecule has 4 heterocycles. The SMILES string of the molecule is O=C(CCN1CCCC1)NC1C(F)CC2C(=O)C(C(=O)N3CCOCC3)=CN3C4CC5CCCCC5CC4OC1C23. The van der Waals surface area contributed by atoms with E-state index in [1.54, 1.807) is 4.90 Å². The lowest BCUT2D eigenvalue weighted by Crippen LogP contribution is -2.73. The van der Waals surface area contributed by atoms with Gasteiger partial charge in [-0.15, -0.1) is 0 Å². The number of morpholine rings is 2. The van der Waals surface area contributed by atoms with Gasteiger partial charge in [0, 0.05) is 38.2 Å². The quantitative estimate of drug-likeness (QED) is 0.505. The van der Waals surface area contributed by atoms with Crippen molar-refractivity contribution in [3.63, 3.8) is 0 Å². The van der Waals surface area contributed by atoms with Crippen molar-refractivity contribution >= 4 is 17.6 Å². The third kappa shape index (κ3) is 5.22. The standard InChI is InChI=1S/C31H45FN4O5/c32-23-17-21-28-30(27(23)33-26(37)7-10-34-8-3-4-9-34)41-25-16-20-6-2-1-5-19(20)15-24(25)36(28)18-22(29(21)38)31(39)35-11-13-40-14-12-35/h18-21,23-25,27-28,30H,1-17H2,(H,33,37). The van der Waals surface area contributed by atoms with E-state index < -0.39 is 24.2 Å². The van der Waals surface area contributed by atoms with Crippen LogP contribution in [-0.2, 0) is 23.9 Å². The Morgan fingerprint density at radius 1 is 0.976 bits per heavy atom. The minimum Gasteiger partial charge on any atom is -0.378 e. The maximum absolute atomic E-state index is 16.1. The summed E-state index contributed by atoms with van der Waals surface area (Å²) in [5.74, 6) is -0.148. The lowest BCUT2D eigenvalue weighted by Gasteiger charge is -2.60. The van der Waals surface area contributed by atoms with Gasteiger partial charge in [0.05, 0.1) is 43.0 Å². The van der Waals surface area contributed by atoms with Crippen LogP contribution in [0, 0.1) is 17.8 Å². The second kappa shape index (κ2) is 11.6. The van der Waals surface area contributed by atoms with E-state index in [9.17, 15) is 14.4 Å². The highest BCUT2D eigenvalue weighted by Crippen LogP contribution is 2.50. The molecule has 41 heavy (non-hydrogen) atoms. The fourth-order valence-electron chi connectivity index (χ4n) is 9.07. The van der Waals surface area contributed by atoms with Crippen LogP contribution in [0.4, 0.5) is 4.39 Å². The highest BCUT2D eigenvalue weighted by molar-refractivity contribution is 6.20. The molecule has 7 rings (SSSR count). The van der Waals surface area contributed by atoms with Gasteiger partial charge < -0.3 is 29.5 Å². The Labute approximate surface area is 242 Å². The van der Waals surface area contributed by atoms with Crippen molar-refractivity contribution < 1.29 is 28.2 Å². The smallest absolute Gasteiger partial charge is 0.259 e. The number of rotatable bonds is 5. The fraction of sp³-hybridized carbons (Fsp3) is 0.839. The van der Waals surface area contributed by atoms with Gasteiger partial charge in [-0.3, -0.25) is 14.4 Å². The molecule has 4 aliphatic heterocycles. The molecule has 3 saturated carbocycles. The number of nitrogens with one attached hydrogen (secondary N) is 1. The number of Topliss-reactive ketones (excluding diaryl/α,β-unsaturated/α-hetero) is 1. The highest BCUT2D eigenvalue weighted by Gasteiger charge is 2.60. The first-order chi connectivity index (χ1) is 20.0. The number of fused-ring (bicyclic) bond motifs is 3. The lowest BCUT2D eigenvalue weighted by atomic mass is 9.65. The maximum Gasteiger partial charge on any atom is 0.259 e. The van der Waals surface area contributed by atoms with Crippen molar-refractivity contribution in [3.05, 3.63) is 11.8 Å². The normalized spacial score (nSPS) is 40.8. The van der Waals surface area contributed by atoms with Crippen molar-refractivity contribution in [1.82, 2.24) is 20.0 Å². The molecule has 6 fully saturated rings. The molecule has 226 valence electrons. The molecule has 0 spiro atoms. The van der Waals surface area contributed by atoms with Crippen LogP contribution in [0.2, 0.25) is 0 Å². The van der Waals surface area contributed by atoms with Crippen LogP contribution < -0.4 is 5.32 Å². The number of nitrogens with zero attached hydrogens (tertiary/aromatic N) is 3. The summed E-state index contributed by atoms with van der Waals surface area (Å²) in [5.41, 5.74) is 0.179. The third-order valence-corrected chi connectivity index (χ3v) is 11.2. The Kier molecular flexibility index (Phi) is 7.83. The number of amides is 2. The number of halogens is 1. The van der Waals surface area contributed by atoms with Gasteiger partial charge in [-0.25, -0.2) is 4.39 Å². The number of hydrogen-bond donors (Lipinski definition) is 1. The van der Waals surface area contributed by atoms with Gasteiger partial charge in [0.25, 0.3) is 5.91 Å². The monoisotopic (exact) mass is 572 g/mol. The second-order valence-electron chi connectivity index (χ2n) is 13.5. The number of carbonyl (C=O) groups excluding carboxylic acids is 3. The molecule has 10 heteroatoms. The molecule has 7 aliphatic rings. The van der Waals surface area contributed by atoms with Crippen LogP contribution in [0.1, 0.15) is 64.2 Å². The lowest BCUT2D eigenvalue weighted by molar-refractivity contribution is -0.208. The fourth-order valence-corrected chi connectivity index (χ4v) is 9.07. The average Bonchev–Trinajstić information content (AvgIpc) is 3.52. The number of alkyl halides is 1. The summed E-state index contributed by atoms with van der Waals surface area (Å²) in [6.45, 7) is 4.53. The van der Waals surface area contributed by atoms with Crippen LogP contribution >= 0.6 is 0 Å². The Morgan fingerprint density at radius 2 is 1.71 bits per heavy atom. The summed E-state index contributed by atoms with van der Waals surface area (Å²) < 4.78 is 28.3. The van der Waals surface area contributed by atoms with Gasteiger partial charge in [-0.1, -0.05) is 25.7 Å². The molecule has 0 aromatic carbocycles. The molecule has 3 aliphatic carbocycles. The summed E-state index contributed by atoms with van der Waals surface area (Å²) in [7, 11) is 0. The third-order valence-electron chi connectivity index (χ3n) is 11.2. The first-order valence-electron chi connectivity index (χ1n) is 16.2. The van der Waals surface area contributed by atoms with Gasteiger partial charge in [0.2, 0.25) is 5.91 Å². The predicted molar refractivity (Wildman–Crippen MR) is 148 cm³/mol. The van der Waals surface area contributed by atoms with E-state index in [-0.39, 0.29) is 47.8 Å². The zero-order valence-corrected chi connectivity index (χ0v) is 24.1. The molecule has 9 unspecified atom stereocenters. The van der Waals surface area contributed by atoms with Crippen LogP contribution in [0.3, 0.4) is 0 Å². The summed E-state index contributed by atoms with van der Waals surface area (Å²) in [6, 6.07) is -1.12. The maximum atomic E-state index is 16.1. The summed E-state index contributed by atoms with van der Waals surface area (Å²) in [6.07, 6.45) is 9.11. The number of hydrogen-bond acceptors (Lipinski definition) is 7. The van der Waals surface area contributed by atoms with Crippen LogP contribution in [0.25, 0.3) is 0 Å². The molecule has 1 N–H and O–H groups in total. The molecule has 0 radical (unpaired) electrons. The van der Waals surface area contributed by atoms with Crippen molar-refractivity contribution in [1.29, 1.82) is 0 Å². The largest absolute Gasteiger partial charge is 0.378 e. The Bertz CT molecular complexity index is 1060. The number of carbonyl (C=O) groups is 3. The van der Waals surface area contributed by atoms with Crippen molar-refractivity contribution in [2.45, 2.75) is 101 Å². The highest BCUT2D eigenvalue weighted by atomic mass is 19.1. The van der Waals surface area contributed by atoms with E-state index in [1.165, 1.54) is 25.7 Å². The summed E-state index contributed by atoms with van der Waals surface area (Å²) in [4.78, 5) is 46.8. The van der Waals surface area contributed by atoms with E-state index in [4.69, 9.17) is 9.47 Å². The van der Waals surface area contributed by atoms with Crippen molar-refractivity contribution in [3.8, 4) is 0 Å². The van der Waals surface area contributed by atoms with Gasteiger partial charge in [0.1, 0.15) is 12.3 Å². The molecule has 3 saturated heterocycles. The average molecular weight is 573 g/mol. The second-order valence-corrected chi connectivity index (χ2v) is 13.5. The Balaban J connectivity index is 1.17.